The first-order valence-electron chi connectivity index (χ1n) is 10.0. The molecule has 0 radical (unpaired) electrons. The lowest BCUT2D eigenvalue weighted by atomic mass is 9.74. The zero-order valence-electron chi connectivity index (χ0n) is 16.8. The molecule has 1 heterocycles. The number of aliphatic hydroxyl groups is 2. The van der Waals surface area contributed by atoms with Crippen LogP contribution in [0.15, 0.2) is 18.2 Å². The molecule has 2 N–H and O–H groups in total. The van der Waals surface area contributed by atoms with Gasteiger partial charge in [0.25, 0.3) is 0 Å². The predicted octanol–water partition coefficient (Wildman–Crippen LogP) is 3.45. The predicted molar refractivity (Wildman–Crippen MR) is 105 cm³/mol. The molecule has 0 unspecified atom stereocenters. The maximum atomic E-state index is 11.1. The fourth-order valence-corrected chi connectivity index (χ4v) is 4.52. The van der Waals surface area contributed by atoms with E-state index in [-0.39, 0.29) is 6.61 Å². The van der Waals surface area contributed by atoms with Gasteiger partial charge in [0.05, 0.1) is 6.10 Å². The number of piperidine rings is 1. The Labute approximate surface area is 158 Å². The minimum atomic E-state index is -1.21. The molecule has 0 amide bonds. The van der Waals surface area contributed by atoms with E-state index in [1.807, 2.05) is 26.0 Å². The summed E-state index contributed by atoms with van der Waals surface area (Å²) in [4.78, 5) is 2.38. The van der Waals surface area contributed by atoms with Crippen molar-refractivity contribution >= 4 is 0 Å². The Balaban J connectivity index is 1.63. The minimum Gasteiger partial charge on any atom is -0.490 e. The summed E-state index contributed by atoms with van der Waals surface area (Å²) in [6, 6.07) is 6.57. The quantitative estimate of drug-likeness (QED) is 0.862. The van der Waals surface area contributed by atoms with Crippen molar-refractivity contribution in [3.8, 4) is 5.75 Å². The van der Waals surface area contributed by atoms with E-state index in [1.54, 1.807) is 0 Å². The molecule has 1 aromatic carbocycles. The van der Waals surface area contributed by atoms with Crippen LogP contribution in [-0.2, 0) is 0 Å². The van der Waals surface area contributed by atoms with E-state index in [1.165, 1.54) is 25.7 Å². The summed E-state index contributed by atoms with van der Waals surface area (Å²) >= 11 is 0. The third kappa shape index (κ3) is 4.59. The third-order valence-electron chi connectivity index (χ3n) is 6.30. The maximum Gasteiger partial charge on any atom is 0.137 e. The standard InChI is InChI=1S/C22H35NO3/c1-16-11-17(2)13-19(12-16)26-15-22(25)14-23(10-7-20(22)24)18-5-8-21(3,4)9-6-18/h11-13,18,20,24-25H,5-10,14-15H2,1-4H3/t20-,22-/m0/s1. The lowest BCUT2D eigenvalue weighted by Gasteiger charge is -2.47. The first-order valence-corrected chi connectivity index (χ1v) is 10.0. The molecule has 0 spiro atoms. The van der Waals surface area contributed by atoms with E-state index in [0.717, 1.165) is 23.4 Å². The fraction of sp³-hybridized carbons (Fsp3) is 0.727. The Bertz CT molecular complexity index is 600. The molecular weight excluding hydrogens is 326 g/mol. The van der Waals surface area contributed by atoms with Gasteiger partial charge < -0.3 is 14.9 Å². The molecule has 0 aromatic heterocycles. The van der Waals surface area contributed by atoms with Crippen LogP contribution in [0.25, 0.3) is 0 Å². The topological polar surface area (TPSA) is 52.9 Å². The number of hydrogen-bond acceptors (Lipinski definition) is 4. The Morgan fingerprint density at radius 2 is 1.69 bits per heavy atom. The van der Waals surface area contributed by atoms with Crippen molar-refractivity contribution < 1.29 is 14.9 Å². The van der Waals surface area contributed by atoms with Gasteiger partial charge in [-0.2, -0.15) is 0 Å². The number of nitrogens with zero attached hydrogens (tertiary/aromatic N) is 1. The third-order valence-corrected chi connectivity index (χ3v) is 6.30. The monoisotopic (exact) mass is 361 g/mol. The highest BCUT2D eigenvalue weighted by molar-refractivity contribution is 5.33. The zero-order valence-corrected chi connectivity index (χ0v) is 16.8. The first-order chi connectivity index (χ1) is 12.2. The van der Waals surface area contributed by atoms with Gasteiger partial charge in [0.1, 0.15) is 18.0 Å². The van der Waals surface area contributed by atoms with Crippen LogP contribution >= 0.6 is 0 Å². The molecule has 1 saturated carbocycles. The van der Waals surface area contributed by atoms with Crippen molar-refractivity contribution in [2.45, 2.75) is 77.5 Å². The van der Waals surface area contributed by atoms with Gasteiger partial charge in [-0.25, -0.2) is 0 Å². The number of aliphatic hydroxyl groups excluding tert-OH is 1. The summed E-state index contributed by atoms with van der Waals surface area (Å²) in [5.41, 5.74) is 1.52. The van der Waals surface area contributed by atoms with Crippen LogP contribution in [0, 0.1) is 19.3 Å². The van der Waals surface area contributed by atoms with Gasteiger partial charge in [0.15, 0.2) is 0 Å². The van der Waals surface area contributed by atoms with Crippen LogP contribution in [0.4, 0.5) is 0 Å². The van der Waals surface area contributed by atoms with E-state index in [2.05, 4.69) is 24.8 Å². The first kappa shape index (κ1) is 19.7. The molecule has 2 fully saturated rings. The molecule has 1 aliphatic carbocycles. The molecule has 1 saturated heterocycles. The molecule has 1 aliphatic heterocycles. The number of likely N-dealkylation sites (tertiary alicyclic amines) is 1. The lowest BCUT2D eigenvalue weighted by molar-refractivity contribution is -0.148. The van der Waals surface area contributed by atoms with Crippen LogP contribution in [-0.4, -0.2) is 52.6 Å². The van der Waals surface area contributed by atoms with Crippen molar-refractivity contribution in [1.29, 1.82) is 0 Å². The van der Waals surface area contributed by atoms with E-state index in [9.17, 15) is 10.2 Å². The average Bonchev–Trinajstić information content (AvgIpc) is 2.55. The summed E-state index contributed by atoms with van der Waals surface area (Å²) in [5, 5.41) is 21.6. The highest BCUT2D eigenvalue weighted by Gasteiger charge is 2.44. The van der Waals surface area contributed by atoms with Crippen LogP contribution in [0.5, 0.6) is 5.75 Å². The zero-order chi connectivity index (χ0) is 18.9. The van der Waals surface area contributed by atoms with Crippen LogP contribution in [0.1, 0.15) is 57.1 Å². The Hall–Kier alpha value is -1.10. The lowest BCUT2D eigenvalue weighted by Crippen LogP contribution is -2.62. The molecule has 26 heavy (non-hydrogen) atoms. The average molecular weight is 362 g/mol. The maximum absolute atomic E-state index is 11.1. The van der Waals surface area contributed by atoms with Gasteiger partial charge in [-0.3, -0.25) is 4.90 Å². The van der Waals surface area contributed by atoms with Crippen molar-refractivity contribution in [3.63, 3.8) is 0 Å². The second-order valence-electron chi connectivity index (χ2n) is 9.39. The van der Waals surface area contributed by atoms with E-state index in [4.69, 9.17) is 4.74 Å². The molecule has 4 heteroatoms. The number of rotatable bonds is 4. The number of hydrogen-bond donors (Lipinski definition) is 2. The molecule has 146 valence electrons. The van der Waals surface area contributed by atoms with Gasteiger partial charge >= 0.3 is 0 Å². The Morgan fingerprint density at radius 3 is 2.31 bits per heavy atom. The van der Waals surface area contributed by atoms with Crippen molar-refractivity contribution in [2.24, 2.45) is 5.41 Å². The summed E-state index contributed by atoms with van der Waals surface area (Å²) < 4.78 is 5.91. The van der Waals surface area contributed by atoms with Crippen molar-refractivity contribution in [3.05, 3.63) is 29.3 Å². The van der Waals surface area contributed by atoms with Gasteiger partial charge in [0.2, 0.25) is 0 Å². The summed E-state index contributed by atoms with van der Waals surface area (Å²) in [7, 11) is 0. The molecule has 4 nitrogen and oxygen atoms in total. The van der Waals surface area contributed by atoms with Crippen molar-refractivity contribution in [2.75, 3.05) is 19.7 Å². The Kier molecular flexibility index (Phi) is 5.66. The fourth-order valence-electron chi connectivity index (χ4n) is 4.52. The smallest absolute Gasteiger partial charge is 0.137 e. The second kappa shape index (κ2) is 7.49. The van der Waals surface area contributed by atoms with Gasteiger partial charge in [0, 0.05) is 19.1 Å². The summed E-state index contributed by atoms with van der Waals surface area (Å²) in [5.74, 6) is 0.764. The Morgan fingerprint density at radius 1 is 1.08 bits per heavy atom. The number of ether oxygens (including phenoxy) is 1. The number of benzene rings is 1. The molecule has 2 atom stereocenters. The number of aryl methyl sites for hydroxylation is 2. The molecule has 3 rings (SSSR count). The molecule has 0 bridgehead atoms. The highest BCUT2D eigenvalue weighted by Crippen LogP contribution is 2.38. The summed E-state index contributed by atoms with van der Waals surface area (Å²) in [6.07, 6.45) is 4.69. The van der Waals surface area contributed by atoms with Gasteiger partial charge in [-0.1, -0.05) is 19.9 Å². The molecular formula is C22H35NO3. The summed E-state index contributed by atoms with van der Waals surface area (Å²) in [6.45, 7) is 10.2. The molecule has 2 aliphatic rings. The van der Waals surface area contributed by atoms with E-state index >= 15 is 0 Å². The van der Waals surface area contributed by atoms with Crippen LogP contribution in [0.2, 0.25) is 0 Å². The second-order valence-corrected chi connectivity index (χ2v) is 9.39. The normalized spacial score (nSPS) is 30.3. The van der Waals surface area contributed by atoms with E-state index in [0.29, 0.717) is 24.4 Å². The molecule has 1 aromatic rings. The van der Waals surface area contributed by atoms with Crippen LogP contribution < -0.4 is 4.74 Å². The highest BCUT2D eigenvalue weighted by atomic mass is 16.5. The number of β-amino-alcohol motifs (C(OH)–C–C–N with tert-alkyl or cyclic N) is 1. The van der Waals surface area contributed by atoms with Gasteiger partial charge in [-0.05, 0) is 74.6 Å². The van der Waals surface area contributed by atoms with Crippen LogP contribution in [0.3, 0.4) is 0 Å². The largest absolute Gasteiger partial charge is 0.490 e. The van der Waals surface area contributed by atoms with E-state index < -0.39 is 11.7 Å². The SMILES string of the molecule is Cc1cc(C)cc(OC[C@@]2(O)CN(C3CCC(C)(C)CC3)CC[C@@H]2O)c1. The van der Waals surface area contributed by atoms with Gasteiger partial charge in [-0.15, -0.1) is 0 Å². The minimum absolute atomic E-state index is 0.131. The van der Waals surface area contributed by atoms with Crippen molar-refractivity contribution in [1.82, 2.24) is 4.90 Å².